The lowest BCUT2D eigenvalue weighted by atomic mass is 9.76. The van der Waals surface area contributed by atoms with Gasteiger partial charge in [0, 0.05) is 31.4 Å². The molecular formula is C39H63FN2O5. The van der Waals surface area contributed by atoms with E-state index in [1.165, 1.54) is 18.6 Å². The first-order chi connectivity index (χ1) is 22.0. The molecule has 3 rings (SSSR count). The predicted octanol–water partition coefficient (Wildman–Crippen LogP) is 8.61. The van der Waals surface area contributed by atoms with Crippen LogP contribution in [0.5, 0.6) is 0 Å². The number of aliphatic imine (C=N–C) groups is 1. The molecule has 7 nitrogen and oxygen atoms in total. The number of aryl methyl sites for hydroxylation is 1. The number of rotatable bonds is 13. The van der Waals surface area contributed by atoms with Gasteiger partial charge < -0.3 is 19.5 Å². The molecule has 1 saturated heterocycles. The van der Waals surface area contributed by atoms with Crippen LogP contribution in [0.1, 0.15) is 93.2 Å². The van der Waals surface area contributed by atoms with Crippen LogP contribution >= 0.6 is 0 Å². The first-order valence-corrected chi connectivity index (χ1v) is 16.9. The average Bonchev–Trinajstić information content (AvgIpc) is 3.04. The molecule has 1 amide bonds. The van der Waals surface area contributed by atoms with Crippen molar-refractivity contribution >= 4 is 17.6 Å². The second kappa shape index (κ2) is 23.3. The van der Waals surface area contributed by atoms with Crippen LogP contribution in [0, 0.1) is 35.9 Å². The van der Waals surface area contributed by atoms with Crippen molar-refractivity contribution in [3.63, 3.8) is 0 Å². The number of hydrogen-bond acceptors (Lipinski definition) is 6. The second-order valence-electron chi connectivity index (χ2n) is 12.2. The van der Waals surface area contributed by atoms with E-state index in [1.54, 1.807) is 6.08 Å². The summed E-state index contributed by atoms with van der Waals surface area (Å²) in [5, 5.41) is 3.18. The van der Waals surface area contributed by atoms with Crippen molar-refractivity contribution in [2.45, 2.75) is 102 Å². The van der Waals surface area contributed by atoms with Gasteiger partial charge in [0.15, 0.2) is 0 Å². The Labute approximate surface area is 285 Å². The topological polar surface area (TPSA) is 86.2 Å². The molecule has 3 atom stereocenters. The van der Waals surface area contributed by atoms with Crippen molar-refractivity contribution in [2.75, 3.05) is 33.0 Å². The Morgan fingerprint density at radius 3 is 2.36 bits per heavy atom. The van der Waals surface area contributed by atoms with Crippen molar-refractivity contribution in [1.82, 2.24) is 5.32 Å². The number of hydrogen-bond donors (Lipinski definition) is 1. The minimum atomic E-state index is -0.789. The highest BCUT2D eigenvalue weighted by Crippen LogP contribution is 2.31. The molecule has 0 radical (unpaired) electrons. The van der Waals surface area contributed by atoms with E-state index in [1.807, 2.05) is 72.8 Å². The molecule has 2 aliphatic rings. The van der Waals surface area contributed by atoms with E-state index in [2.05, 4.69) is 25.7 Å². The lowest BCUT2D eigenvalue weighted by Crippen LogP contribution is -2.50. The van der Waals surface area contributed by atoms with E-state index in [0.29, 0.717) is 32.6 Å². The van der Waals surface area contributed by atoms with Gasteiger partial charge in [0.25, 0.3) is 0 Å². The summed E-state index contributed by atoms with van der Waals surface area (Å²) in [5.74, 6) is -1.23. The molecule has 1 aliphatic heterocycles. The van der Waals surface area contributed by atoms with Gasteiger partial charge in [-0.3, -0.25) is 14.6 Å². The lowest BCUT2D eigenvalue weighted by Gasteiger charge is -2.36. The van der Waals surface area contributed by atoms with E-state index >= 15 is 0 Å². The van der Waals surface area contributed by atoms with Crippen molar-refractivity contribution in [1.29, 1.82) is 0 Å². The Balaban J connectivity index is 0.00000333. The maximum atomic E-state index is 13.9. The van der Waals surface area contributed by atoms with Gasteiger partial charge in [-0.15, -0.1) is 6.58 Å². The normalized spacial score (nSPS) is 18.2. The van der Waals surface area contributed by atoms with Gasteiger partial charge in [0.05, 0.1) is 30.6 Å². The number of carbonyl (C=O) groups excluding carboxylic acids is 2. The summed E-state index contributed by atoms with van der Waals surface area (Å²) in [6.45, 7) is 23.8. The Bertz CT molecular complexity index is 1160. The number of amides is 1. The SMILES string of the molecule is C.C=CC(C)(C)C(=O)N[C@H](COCc1cc(C)cc(F)c1)C(C)C1C(COC(=O)C2CCOCC2)=CC=CC1=NCC.CC.CCC. The third-order valence-electron chi connectivity index (χ3n) is 7.81. The number of benzene rings is 1. The van der Waals surface area contributed by atoms with Gasteiger partial charge >= 0.3 is 5.97 Å². The third-order valence-corrected chi connectivity index (χ3v) is 7.81. The smallest absolute Gasteiger partial charge is 0.309 e. The number of nitrogens with one attached hydrogen (secondary N) is 1. The fraction of sp³-hybridized carbons (Fsp3) is 0.615. The second-order valence-corrected chi connectivity index (χ2v) is 12.2. The molecule has 8 heteroatoms. The average molecular weight is 659 g/mol. The van der Waals surface area contributed by atoms with Crippen LogP contribution < -0.4 is 5.32 Å². The van der Waals surface area contributed by atoms with Crippen LogP contribution in [0.3, 0.4) is 0 Å². The molecular weight excluding hydrogens is 595 g/mol. The fourth-order valence-corrected chi connectivity index (χ4v) is 5.16. The van der Waals surface area contributed by atoms with E-state index < -0.39 is 11.5 Å². The van der Waals surface area contributed by atoms with Crippen LogP contribution in [0.25, 0.3) is 0 Å². The first-order valence-electron chi connectivity index (χ1n) is 16.9. The molecule has 1 aromatic rings. The molecule has 1 aliphatic carbocycles. The molecule has 0 saturated carbocycles. The molecule has 0 bridgehead atoms. The summed E-state index contributed by atoms with van der Waals surface area (Å²) < 4.78 is 31.2. The summed E-state index contributed by atoms with van der Waals surface area (Å²) >= 11 is 0. The van der Waals surface area contributed by atoms with Crippen LogP contribution in [0.15, 0.2) is 59.6 Å². The first kappa shape index (κ1) is 43.9. The van der Waals surface area contributed by atoms with Gasteiger partial charge in [-0.2, -0.15) is 0 Å². The van der Waals surface area contributed by atoms with E-state index in [0.717, 1.165) is 22.4 Å². The van der Waals surface area contributed by atoms with Gasteiger partial charge in [-0.05, 0) is 81.4 Å². The molecule has 266 valence electrons. The quantitative estimate of drug-likeness (QED) is 0.169. The molecule has 1 heterocycles. The molecule has 1 fully saturated rings. The zero-order valence-electron chi connectivity index (χ0n) is 29.8. The number of allylic oxidation sites excluding steroid dienone is 3. The highest BCUT2D eigenvalue weighted by Gasteiger charge is 2.36. The number of esters is 1. The van der Waals surface area contributed by atoms with Crippen LogP contribution in [0.4, 0.5) is 4.39 Å². The third kappa shape index (κ3) is 14.7. The van der Waals surface area contributed by atoms with Gasteiger partial charge in [-0.25, -0.2) is 4.39 Å². The minimum Gasteiger partial charge on any atom is -0.461 e. The van der Waals surface area contributed by atoms with Crippen molar-refractivity contribution in [3.8, 4) is 0 Å². The molecule has 2 unspecified atom stereocenters. The van der Waals surface area contributed by atoms with Gasteiger partial charge in [0.2, 0.25) is 5.91 Å². The number of ether oxygens (including phenoxy) is 3. The highest BCUT2D eigenvalue weighted by atomic mass is 19.1. The van der Waals surface area contributed by atoms with E-state index in [4.69, 9.17) is 19.2 Å². The summed E-state index contributed by atoms with van der Waals surface area (Å²) in [4.78, 5) is 30.8. The van der Waals surface area contributed by atoms with Crippen molar-refractivity contribution < 1.29 is 28.2 Å². The fourth-order valence-electron chi connectivity index (χ4n) is 5.16. The Morgan fingerprint density at radius 2 is 1.79 bits per heavy atom. The summed E-state index contributed by atoms with van der Waals surface area (Å²) in [5.41, 5.74) is 2.52. The van der Waals surface area contributed by atoms with Gasteiger partial charge in [0.1, 0.15) is 12.4 Å². The van der Waals surface area contributed by atoms with Crippen LogP contribution in [-0.4, -0.2) is 56.6 Å². The molecule has 0 aromatic heterocycles. The zero-order valence-corrected chi connectivity index (χ0v) is 29.8. The van der Waals surface area contributed by atoms with Crippen LogP contribution in [-0.2, 0) is 30.4 Å². The van der Waals surface area contributed by atoms with E-state index in [9.17, 15) is 14.0 Å². The molecule has 1 N–H and O–H groups in total. The molecule has 47 heavy (non-hydrogen) atoms. The van der Waals surface area contributed by atoms with Gasteiger partial charge in [-0.1, -0.05) is 72.8 Å². The largest absolute Gasteiger partial charge is 0.461 e. The minimum absolute atomic E-state index is 0. The number of nitrogens with zero attached hydrogens (tertiary/aromatic N) is 1. The lowest BCUT2D eigenvalue weighted by molar-refractivity contribution is -0.150. The predicted molar refractivity (Wildman–Crippen MR) is 193 cm³/mol. The number of halogens is 1. The van der Waals surface area contributed by atoms with Crippen molar-refractivity contribution in [2.24, 2.45) is 28.2 Å². The van der Waals surface area contributed by atoms with Crippen LogP contribution in [0.2, 0.25) is 0 Å². The molecule has 0 spiro atoms. The summed E-state index contributed by atoms with van der Waals surface area (Å²) in [6.07, 6.45) is 10.1. The maximum Gasteiger partial charge on any atom is 0.309 e. The highest BCUT2D eigenvalue weighted by molar-refractivity contribution is 6.00. The maximum absolute atomic E-state index is 13.9. The monoisotopic (exact) mass is 658 g/mol. The standard InChI is InChI=1S/C33H45FN2O5.C3H8.C2H6.CH4/c1-7-33(5,6)32(38)36-29(21-40-19-24-16-22(3)17-27(34)18-24)23(4)30-26(10-9-11-28(30)35-8-2)20-41-31(37)25-12-14-39-15-13-25;1-3-2;1-2;/h7,9-11,16-18,23,25,29-30H,1,8,12-15,19-21H2,2-6H3,(H,36,38);3H2,1-2H3;1-2H3;1H4/t23?,29-,30?;;;/m1.../s1. The summed E-state index contributed by atoms with van der Waals surface area (Å²) in [7, 11) is 0. The molecule has 1 aromatic carbocycles. The Kier molecular flexibility index (Phi) is 21.7. The summed E-state index contributed by atoms with van der Waals surface area (Å²) in [6, 6.07) is 4.40. The Hall–Kier alpha value is -3.10. The van der Waals surface area contributed by atoms with E-state index in [-0.39, 0.29) is 62.7 Å². The Morgan fingerprint density at radius 1 is 1.15 bits per heavy atom. The zero-order chi connectivity index (χ0) is 34.7. The van der Waals surface area contributed by atoms with Crippen molar-refractivity contribution in [3.05, 3.63) is 71.6 Å². The number of carbonyl (C=O) groups is 2.